The molecule has 0 spiro atoms. The van der Waals surface area contributed by atoms with Crippen LogP contribution in [0.3, 0.4) is 0 Å². The van der Waals surface area contributed by atoms with Crippen molar-refractivity contribution in [2.45, 2.75) is 37.0 Å². The monoisotopic (exact) mass is 590 g/mol. The van der Waals surface area contributed by atoms with Gasteiger partial charge in [-0.1, -0.05) is 18.2 Å². The van der Waals surface area contributed by atoms with Crippen LogP contribution in [0.2, 0.25) is 0 Å². The van der Waals surface area contributed by atoms with Crippen molar-refractivity contribution in [2.75, 3.05) is 21.2 Å². The molecule has 2 aromatic rings. The summed E-state index contributed by atoms with van der Waals surface area (Å²) in [5.74, 6) is -6.69. The van der Waals surface area contributed by atoms with Crippen molar-refractivity contribution in [3.8, 4) is 22.6 Å². The quantitative estimate of drug-likeness (QED) is 0.206. The van der Waals surface area contributed by atoms with Gasteiger partial charge in [0.15, 0.2) is 11.4 Å². The van der Waals surface area contributed by atoms with Gasteiger partial charge in [0.2, 0.25) is 5.78 Å². The maximum Gasteiger partial charge on any atom is 0.255 e. The highest BCUT2D eigenvalue weighted by Gasteiger charge is 2.64. The van der Waals surface area contributed by atoms with Crippen molar-refractivity contribution in [2.24, 2.45) is 17.6 Å². The number of fused-ring (bicyclic) bond motifs is 3. The number of ether oxygens (including phenoxy) is 1. The van der Waals surface area contributed by atoms with E-state index in [1.807, 2.05) is 0 Å². The Hall–Kier alpha value is -4.45. The molecule has 3 aliphatic rings. The number of amides is 1. The van der Waals surface area contributed by atoms with E-state index < -0.39 is 64.1 Å². The third-order valence-electron chi connectivity index (χ3n) is 8.89. The van der Waals surface area contributed by atoms with Crippen molar-refractivity contribution in [1.82, 2.24) is 4.90 Å². The topological polar surface area (TPSA) is 191 Å². The lowest BCUT2D eigenvalue weighted by atomic mass is 9.57. The van der Waals surface area contributed by atoms with Crippen molar-refractivity contribution >= 4 is 23.2 Å². The second-order valence-corrected chi connectivity index (χ2v) is 11.4. The first kappa shape index (κ1) is 30.0. The summed E-state index contributed by atoms with van der Waals surface area (Å²) in [5, 5.41) is 55.9. The minimum atomic E-state index is -2.71. The zero-order valence-electron chi connectivity index (χ0n) is 24.0. The van der Waals surface area contributed by atoms with E-state index in [4.69, 9.17) is 10.5 Å². The Kier molecular flexibility index (Phi) is 7.45. The summed E-state index contributed by atoms with van der Waals surface area (Å²) < 4.78 is 5.60. The van der Waals surface area contributed by atoms with E-state index in [9.17, 15) is 39.9 Å². The molecule has 226 valence electrons. The number of carbonyl (C=O) groups is 3. The summed E-state index contributed by atoms with van der Waals surface area (Å²) in [4.78, 5) is 41.0. The van der Waals surface area contributed by atoms with Crippen LogP contribution in [0.25, 0.3) is 16.9 Å². The Morgan fingerprint density at radius 1 is 1.19 bits per heavy atom. The lowest BCUT2D eigenvalue weighted by Gasteiger charge is -2.50. The van der Waals surface area contributed by atoms with Crippen LogP contribution in [0.5, 0.6) is 11.5 Å². The first-order valence-electron chi connectivity index (χ1n) is 13.8. The number of phenolic OH excluding ortho intramolecular Hbond substituents is 1. The molecule has 2 aromatic carbocycles. The average Bonchev–Trinajstić information content (AvgIpc) is 2.94. The van der Waals surface area contributed by atoms with Gasteiger partial charge in [0.25, 0.3) is 5.91 Å². The van der Waals surface area contributed by atoms with Gasteiger partial charge in [0.1, 0.15) is 28.6 Å². The number of hydrogen-bond donors (Lipinski definition) is 6. The molecule has 43 heavy (non-hydrogen) atoms. The molecule has 0 aliphatic heterocycles. The van der Waals surface area contributed by atoms with Gasteiger partial charge in [-0.05, 0) is 74.2 Å². The molecule has 11 nitrogen and oxygen atoms in total. The Morgan fingerprint density at radius 3 is 2.49 bits per heavy atom. The van der Waals surface area contributed by atoms with Crippen molar-refractivity contribution < 1.29 is 44.7 Å². The van der Waals surface area contributed by atoms with Gasteiger partial charge >= 0.3 is 0 Å². The van der Waals surface area contributed by atoms with Crippen molar-refractivity contribution in [3.05, 3.63) is 76.6 Å². The van der Waals surface area contributed by atoms with Crippen molar-refractivity contribution in [1.29, 1.82) is 0 Å². The van der Waals surface area contributed by atoms with Gasteiger partial charge in [-0.3, -0.25) is 19.3 Å². The molecule has 7 N–H and O–H groups in total. The standard InChI is InChI=1S/C32H34N2O9/c1-5-6-20(35)14-7-10-22(43-4)17(11-14)16-8-9-21(36)24-18(16)12-15-13-19-26(34(2)3)28(38)25(31(33)41)30(40)32(19,42)29(39)23(15)27(24)37/h5,7-11,15,19-20,26,35-37,40,42H,1,6,12-13H2,2-4H3,(H2,33,41). The molecule has 1 saturated carbocycles. The van der Waals surface area contributed by atoms with Gasteiger partial charge in [-0.25, -0.2) is 0 Å². The number of phenols is 1. The van der Waals surface area contributed by atoms with Crippen LogP contribution in [0.4, 0.5) is 0 Å². The first-order chi connectivity index (χ1) is 20.3. The van der Waals surface area contributed by atoms with E-state index in [0.717, 1.165) is 0 Å². The SMILES string of the molecule is C=CCC(O)c1ccc(OC)c(-c2ccc(O)c3c2CC2CC4C(N(C)C)C(=O)C(C(N)=O)=C(O)C4(O)C(=O)C2=C3O)c1. The number of aliphatic hydroxyl groups excluding tert-OH is 3. The normalized spacial score (nSPS) is 25.7. The fourth-order valence-corrected chi connectivity index (χ4v) is 6.93. The van der Waals surface area contributed by atoms with Gasteiger partial charge in [-0.15, -0.1) is 6.58 Å². The average molecular weight is 591 g/mol. The molecule has 3 aliphatic carbocycles. The van der Waals surface area contributed by atoms with Crippen LogP contribution in [0.1, 0.15) is 35.6 Å². The summed E-state index contributed by atoms with van der Waals surface area (Å²) >= 11 is 0. The van der Waals surface area contributed by atoms with Crippen LogP contribution in [0, 0.1) is 11.8 Å². The van der Waals surface area contributed by atoms with Crippen LogP contribution in [-0.2, 0) is 20.8 Å². The first-order valence-corrected chi connectivity index (χ1v) is 13.8. The molecule has 1 fully saturated rings. The highest BCUT2D eigenvalue weighted by atomic mass is 16.5. The number of nitrogens with two attached hydrogens (primary N) is 1. The number of rotatable bonds is 7. The molecule has 0 aromatic heterocycles. The number of primary amides is 1. The van der Waals surface area contributed by atoms with Crippen LogP contribution >= 0.6 is 0 Å². The van der Waals surface area contributed by atoms with Crippen LogP contribution in [-0.4, -0.2) is 80.8 Å². The summed E-state index contributed by atoms with van der Waals surface area (Å²) in [5.41, 5.74) is 3.75. The largest absolute Gasteiger partial charge is 0.508 e. The minimum Gasteiger partial charge on any atom is -0.508 e. The van der Waals surface area contributed by atoms with E-state index in [1.165, 1.54) is 18.1 Å². The summed E-state index contributed by atoms with van der Waals surface area (Å²) in [6, 6.07) is 6.99. The summed E-state index contributed by atoms with van der Waals surface area (Å²) in [6.45, 7) is 3.68. The molecule has 5 unspecified atom stereocenters. The third-order valence-corrected chi connectivity index (χ3v) is 8.89. The highest BCUT2D eigenvalue weighted by molar-refractivity contribution is 6.24. The minimum absolute atomic E-state index is 0.0317. The van der Waals surface area contributed by atoms with Crippen molar-refractivity contribution in [3.63, 3.8) is 0 Å². The summed E-state index contributed by atoms with van der Waals surface area (Å²) in [6.07, 6.45) is 1.16. The molecule has 0 heterocycles. The number of Topliss-reactive ketones (excluding diaryl/α,β-unsaturated/α-hetero) is 2. The Labute approximate surface area is 247 Å². The number of methoxy groups -OCH3 is 1. The Morgan fingerprint density at radius 2 is 1.88 bits per heavy atom. The number of aromatic hydroxyl groups is 1. The fraction of sp³-hybridized carbons (Fsp3) is 0.344. The van der Waals surface area contributed by atoms with E-state index >= 15 is 0 Å². The number of nitrogens with zero attached hydrogens (tertiary/aromatic N) is 1. The smallest absolute Gasteiger partial charge is 0.255 e. The van der Waals surface area contributed by atoms with Gasteiger partial charge in [0.05, 0.1) is 24.8 Å². The van der Waals surface area contributed by atoms with Gasteiger partial charge < -0.3 is 36.0 Å². The molecule has 0 saturated heterocycles. The van der Waals surface area contributed by atoms with E-state index in [2.05, 4.69) is 6.58 Å². The zero-order valence-corrected chi connectivity index (χ0v) is 24.0. The zero-order chi connectivity index (χ0) is 31.5. The fourth-order valence-electron chi connectivity index (χ4n) is 6.93. The van der Waals surface area contributed by atoms with E-state index in [1.54, 1.807) is 44.4 Å². The van der Waals surface area contributed by atoms with E-state index in [-0.39, 0.29) is 29.7 Å². The summed E-state index contributed by atoms with van der Waals surface area (Å²) in [7, 11) is 4.58. The maximum absolute atomic E-state index is 14.1. The van der Waals surface area contributed by atoms with E-state index in [0.29, 0.717) is 34.4 Å². The number of benzene rings is 2. The number of ketones is 2. The maximum atomic E-state index is 14.1. The molecule has 0 radical (unpaired) electrons. The Bertz CT molecular complexity index is 1640. The molecule has 0 bridgehead atoms. The molecule has 5 rings (SSSR count). The Balaban J connectivity index is 1.73. The molecule has 5 atom stereocenters. The molecular weight excluding hydrogens is 556 g/mol. The van der Waals surface area contributed by atoms with Crippen LogP contribution < -0.4 is 10.5 Å². The van der Waals surface area contributed by atoms with Gasteiger partial charge in [-0.2, -0.15) is 0 Å². The second kappa shape index (κ2) is 10.7. The molecule has 1 amide bonds. The second-order valence-electron chi connectivity index (χ2n) is 11.4. The predicted molar refractivity (Wildman–Crippen MR) is 156 cm³/mol. The third kappa shape index (κ3) is 4.34. The lowest BCUT2D eigenvalue weighted by Crippen LogP contribution is -2.65. The van der Waals surface area contributed by atoms with Gasteiger partial charge in [0, 0.05) is 17.1 Å². The molecular formula is C32H34N2O9. The highest BCUT2D eigenvalue weighted by Crippen LogP contribution is 2.54. The predicted octanol–water partition coefficient (Wildman–Crippen LogP) is 2.25. The molecule has 11 heteroatoms. The number of aliphatic hydroxyl groups is 4. The number of carbonyl (C=O) groups excluding carboxylic acids is 3. The van der Waals surface area contributed by atoms with Crippen LogP contribution in [0.15, 0.2) is 59.9 Å². The lowest BCUT2D eigenvalue weighted by molar-refractivity contribution is -0.153. The number of likely N-dealkylation sites (N-methyl/N-ethyl adjacent to an activating group) is 1. The number of hydrogen-bond acceptors (Lipinski definition) is 10.